The van der Waals surface area contributed by atoms with E-state index in [1.54, 1.807) is 4.90 Å². The minimum Gasteiger partial charge on any atom is -0.338 e. The summed E-state index contributed by atoms with van der Waals surface area (Å²) < 4.78 is 26.7. The topological polar surface area (TPSA) is 32.3 Å². The maximum atomic E-state index is 13.3. The Morgan fingerprint density at radius 2 is 2.10 bits per heavy atom. The summed E-state index contributed by atoms with van der Waals surface area (Å²) in [5.74, 6) is -1.81. The van der Waals surface area contributed by atoms with Gasteiger partial charge in [0.1, 0.15) is 0 Å². The molecule has 1 aromatic carbocycles. The molecule has 118 valence electrons. The normalized spacial score (nSPS) is 18.3. The number of likely N-dealkylation sites (tertiary alicyclic amines) is 1. The summed E-state index contributed by atoms with van der Waals surface area (Å²) in [6.07, 6.45) is 2.00. The van der Waals surface area contributed by atoms with Crippen molar-refractivity contribution in [2.75, 3.05) is 26.7 Å². The fourth-order valence-corrected chi connectivity index (χ4v) is 3.05. The summed E-state index contributed by atoms with van der Waals surface area (Å²) in [4.78, 5) is 14.1. The van der Waals surface area contributed by atoms with E-state index < -0.39 is 11.6 Å². The summed E-state index contributed by atoms with van der Waals surface area (Å²) in [6.45, 7) is 2.15. The predicted octanol–water partition coefficient (Wildman–Crippen LogP) is 3.22. The first-order valence-corrected chi connectivity index (χ1v) is 7.40. The van der Waals surface area contributed by atoms with Gasteiger partial charge in [0, 0.05) is 17.6 Å². The molecule has 3 nitrogen and oxygen atoms in total. The third-order valence-electron chi connectivity index (χ3n) is 3.54. The molecule has 1 fully saturated rings. The van der Waals surface area contributed by atoms with Crippen LogP contribution in [0.25, 0.3) is 0 Å². The predicted molar refractivity (Wildman–Crippen MR) is 83.9 cm³/mol. The standard InChI is InChI=1S/C14H17BrF2N2O.ClH/c1-18-7-9-3-2-4-19(8-9)14(20)10-5-12(16)13(17)6-11(10)15;/h5-6,9,18H,2-4,7-8H2,1H3;1H. The average Bonchev–Trinajstić information content (AvgIpc) is 2.43. The molecule has 0 saturated carbocycles. The van der Waals surface area contributed by atoms with Gasteiger partial charge in [0.05, 0.1) is 5.56 Å². The Morgan fingerprint density at radius 1 is 1.43 bits per heavy atom. The molecule has 0 aromatic heterocycles. The highest BCUT2D eigenvalue weighted by molar-refractivity contribution is 9.10. The largest absolute Gasteiger partial charge is 0.338 e. The molecular formula is C14H18BrClF2N2O. The zero-order valence-corrected chi connectivity index (χ0v) is 14.1. The zero-order valence-electron chi connectivity index (χ0n) is 11.7. The van der Waals surface area contributed by atoms with E-state index >= 15 is 0 Å². The molecule has 1 atom stereocenters. The Labute approximate surface area is 137 Å². The molecule has 1 amide bonds. The van der Waals surface area contributed by atoms with Gasteiger partial charge in [0.2, 0.25) is 0 Å². The second-order valence-corrected chi connectivity index (χ2v) is 5.92. The van der Waals surface area contributed by atoms with E-state index in [9.17, 15) is 13.6 Å². The highest BCUT2D eigenvalue weighted by Gasteiger charge is 2.26. The van der Waals surface area contributed by atoms with Crippen molar-refractivity contribution in [3.8, 4) is 0 Å². The molecule has 0 bridgehead atoms. The molecule has 1 heterocycles. The van der Waals surface area contributed by atoms with Crippen LogP contribution in [0.4, 0.5) is 8.78 Å². The maximum Gasteiger partial charge on any atom is 0.255 e. The molecule has 0 radical (unpaired) electrons. The number of carbonyl (C=O) groups is 1. The second-order valence-electron chi connectivity index (χ2n) is 5.06. The molecule has 2 rings (SSSR count). The first kappa shape index (κ1) is 18.3. The molecule has 1 aliphatic rings. The summed E-state index contributed by atoms with van der Waals surface area (Å²) in [7, 11) is 1.88. The van der Waals surface area contributed by atoms with E-state index in [-0.39, 0.29) is 28.4 Å². The van der Waals surface area contributed by atoms with Crippen molar-refractivity contribution < 1.29 is 13.6 Å². The highest BCUT2D eigenvalue weighted by Crippen LogP contribution is 2.24. The van der Waals surface area contributed by atoms with Gasteiger partial charge < -0.3 is 10.2 Å². The zero-order chi connectivity index (χ0) is 14.7. The van der Waals surface area contributed by atoms with Crippen molar-refractivity contribution in [2.24, 2.45) is 5.92 Å². The van der Waals surface area contributed by atoms with Gasteiger partial charge in [0.25, 0.3) is 5.91 Å². The van der Waals surface area contributed by atoms with Crippen LogP contribution in [-0.4, -0.2) is 37.5 Å². The molecule has 7 heteroatoms. The number of hydrogen-bond acceptors (Lipinski definition) is 2. The highest BCUT2D eigenvalue weighted by atomic mass is 79.9. The summed E-state index contributed by atoms with van der Waals surface area (Å²) in [5.41, 5.74) is 0.175. The van der Waals surface area contributed by atoms with E-state index in [2.05, 4.69) is 21.2 Å². The first-order valence-electron chi connectivity index (χ1n) is 6.61. The van der Waals surface area contributed by atoms with Crippen molar-refractivity contribution in [2.45, 2.75) is 12.8 Å². The lowest BCUT2D eigenvalue weighted by atomic mass is 9.97. The van der Waals surface area contributed by atoms with E-state index in [1.165, 1.54) is 0 Å². The molecular weight excluding hydrogens is 366 g/mol. The van der Waals surface area contributed by atoms with Crippen LogP contribution < -0.4 is 5.32 Å². The fraction of sp³-hybridized carbons (Fsp3) is 0.500. The van der Waals surface area contributed by atoms with Gasteiger partial charge in [-0.25, -0.2) is 8.78 Å². The number of nitrogens with zero attached hydrogens (tertiary/aromatic N) is 1. The van der Waals surface area contributed by atoms with Crippen LogP contribution in [-0.2, 0) is 0 Å². The van der Waals surface area contributed by atoms with Crippen LogP contribution in [0.2, 0.25) is 0 Å². The monoisotopic (exact) mass is 382 g/mol. The summed E-state index contributed by atoms with van der Waals surface area (Å²) in [5, 5.41) is 3.11. The number of benzene rings is 1. The number of halogens is 4. The second kappa shape index (κ2) is 8.06. The van der Waals surface area contributed by atoms with Crippen LogP contribution in [0.15, 0.2) is 16.6 Å². The Kier molecular flexibility index (Phi) is 7.03. The van der Waals surface area contributed by atoms with E-state index in [0.717, 1.165) is 31.5 Å². The molecule has 1 unspecified atom stereocenters. The van der Waals surface area contributed by atoms with Crippen LogP contribution in [0.1, 0.15) is 23.2 Å². The SMILES string of the molecule is CNCC1CCCN(C(=O)c2cc(F)c(F)cc2Br)C1.Cl. The first-order chi connectivity index (χ1) is 9.52. The van der Waals surface area contributed by atoms with Crippen LogP contribution in [0.3, 0.4) is 0 Å². The number of hydrogen-bond donors (Lipinski definition) is 1. The summed E-state index contributed by atoms with van der Waals surface area (Å²) in [6, 6.07) is 1.96. The molecule has 1 aliphatic heterocycles. The van der Waals surface area contributed by atoms with Gasteiger partial charge >= 0.3 is 0 Å². The van der Waals surface area contributed by atoms with Crippen molar-refractivity contribution in [1.29, 1.82) is 0 Å². The summed E-state index contributed by atoms with van der Waals surface area (Å²) >= 11 is 3.13. The fourth-order valence-electron chi connectivity index (χ4n) is 2.56. The lowest BCUT2D eigenvalue weighted by molar-refractivity contribution is 0.0672. The van der Waals surface area contributed by atoms with E-state index in [1.807, 2.05) is 7.05 Å². The Balaban J connectivity index is 0.00000220. The smallest absolute Gasteiger partial charge is 0.255 e. The third kappa shape index (κ3) is 4.37. The molecule has 1 N–H and O–H groups in total. The Hall–Kier alpha value is -0.720. The minimum atomic E-state index is -1.000. The maximum absolute atomic E-state index is 13.3. The number of nitrogens with one attached hydrogen (secondary N) is 1. The lowest BCUT2D eigenvalue weighted by Gasteiger charge is -2.33. The third-order valence-corrected chi connectivity index (χ3v) is 4.20. The number of amides is 1. The van der Waals surface area contributed by atoms with E-state index in [0.29, 0.717) is 19.0 Å². The molecule has 0 aliphatic carbocycles. The van der Waals surface area contributed by atoms with Gasteiger partial charge in [-0.1, -0.05) is 0 Å². The van der Waals surface area contributed by atoms with Crippen molar-refractivity contribution in [1.82, 2.24) is 10.2 Å². The van der Waals surface area contributed by atoms with Gasteiger partial charge in [-0.3, -0.25) is 4.79 Å². The van der Waals surface area contributed by atoms with Gasteiger partial charge in [-0.15, -0.1) is 12.4 Å². The lowest BCUT2D eigenvalue weighted by Crippen LogP contribution is -2.42. The average molecular weight is 384 g/mol. The molecule has 1 saturated heterocycles. The van der Waals surface area contributed by atoms with Gasteiger partial charge in [-0.2, -0.15) is 0 Å². The molecule has 21 heavy (non-hydrogen) atoms. The number of rotatable bonds is 3. The van der Waals surface area contributed by atoms with Crippen LogP contribution in [0, 0.1) is 17.6 Å². The minimum absolute atomic E-state index is 0. The number of carbonyl (C=O) groups excluding carboxylic acids is 1. The Bertz CT molecular complexity index is 514. The van der Waals surface area contributed by atoms with Crippen molar-refractivity contribution >= 4 is 34.2 Å². The Morgan fingerprint density at radius 3 is 2.76 bits per heavy atom. The van der Waals surface area contributed by atoms with E-state index in [4.69, 9.17) is 0 Å². The van der Waals surface area contributed by atoms with Crippen molar-refractivity contribution in [3.05, 3.63) is 33.8 Å². The van der Waals surface area contributed by atoms with Crippen molar-refractivity contribution in [3.63, 3.8) is 0 Å². The van der Waals surface area contributed by atoms with Gasteiger partial charge in [-0.05, 0) is 60.4 Å². The molecule has 1 aromatic rings. The van der Waals surface area contributed by atoms with Crippen LogP contribution >= 0.6 is 28.3 Å². The van der Waals surface area contributed by atoms with Gasteiger partial charge in [0.15, 0.2) is 11.6 Å². The molecule has 0 spiro atoms. The quantitative estimate of drug-likeness (QED) is 0.813. The number of piperidine rings is 1. The van der Waals surface area contributed by atoms with Crippen LogP contribution in [0.5, 0.6) is 0 Å².